The van der Waals surface area contributed by atoms with Gasteiger partial charge in [-0.05, 0) is 18.6 Å². The lowest BCUT2D eigenvalue weighted by Gasteiger charge is -2.22. The summed E-state index contributed by atoms with van der Waals surface area (Å²) in [5.41, 5.74) is 4.55. The molecule has 0 aliphatic heterocycles. The second-order valence-corrected chi connectivity index (χ2v) is 4.25. The predicted octanol–water partition coefficient (Wildman–Crippen LogP) is 1.86. The van der Waals surface area contributed by atoms with Crippen LogP contribution in [-0.4, -0.2) is 38.1 Å². The second kappa shape index (κ2) is 6.56. The van der Waals surface area contributed by atoms with Gasteiger partial charge in [0.15, 0.2) is 0 Å². The molecule has 8 heteroatoms. The first-order valence-corrected chi connectivity index (χ1v) is 5.90. The molecular formula is C12H17F3N4O. The van der Waals surface area contributed by atoms with Gasteiger partial charge in [0, 0.05) is 27.3 Å². The Labute approximate surface area is 115 Å². The van der Waals surface area contributed by atoms with Crippen LogP contribution in [0, 0.1) is 5.41 Å². The molecule has 0 atom stereocenters. The summed E-state index contributed by atoms with van der Waals surface area (Å²) in [4.78, 5) is 5.12. The monoisotopic (exact) mass is 290 g/mol. The average molecular weight is 290 g/mol. The molecule has 20 heavy (non-hydrogen) atoms. The van der Waals surface area contributed by atoms with Crippen LogP contribution in [0.1, 0.15) is 17.7 Å². The highest BCUT2D eigenvalue weighted by atomic mass is 19.4. The number of hydrogen-bond acceptors (Lipinski definition) is 4. The van der Waals surface area contributed by atoms with Crippen LogP contribution in [0.3, 0.4) is 0 Å². The molecule has 0 saturated carbocycles. The van der Waals surface area contributed by atoms with Gasteiger partial charge in [0.2, 0.25) is 0 Å². The molecule has 0 bridgehead atoms. The Morgan fingerprint density at radius 3 is 2.60 bits per heavy atom. The SMILES string of the molecule is COCCCN(C)c1nc(C(F)(F)F)ccc1C(=N)N. The summed E-state index contributed by atoms with van der Waals surface area (Å²) in [5.74, 6) is -0.275. The van der Waals surface area contributed by atoms with E-state index in [1.54, 1.807) is 14.2 Å². The van der Waals surface area contributed by atoms with E-state index in [9.17, 15) is 13.2 Å². The fraction of sp³-hybridized carbons (Fsp3) is 0.500. The van der Waals surface area contributed by atoms with Crippen molar-refractivity contribution in [2.45, 2.75) is 12.6 Å². The van der Waals surface area contributed by atoms with Crippen LogP contribution in [0.2, 0.25) is 0 Å². The molecule has 0 aliphatic carbocycles. The number of alkyl halides is 3. The van der Waals surface area contributed by atoms with Crippen molar-refractivity contribution in [1.29, 1.82) is 5.41 Å². The summed E-state index contributed by atoms with van der Waals surface area (Å²) in [7, 11) is 3.15. The first-order chi connectivity index (χ1) is 9.27. The summed E-state index contributed by atoms with van der Waals surface area (Å²) >= 11 is 0. The van der Waals surface area contributed by atoms with E-state index in [0.717, 1.165) is 6.07 Å². The van der Waals surface area contributed by atoms with E-state index in [1.807, 2.05) is 0 Å². The molecule has 1 rings (SSSR count). The zero-order chi connectivity index (χ0) is 15.3. The second-order valence-electron chi connectivity index (χ2n) is 4.25. The summed E-state index contributed by atoms with van der Waals surface area (Å²) in [6.45, 7) is 0.932. The van der Waals surface area contributed by atoms with E-state index in [4.69, 9.17) is 15.9 Å². The molecule has 0 fully saturated rings. The Balaban J connectivity index is 3.08. The number of ether oxygens (including phenoxy) is 1. The number of amidine groups is 1. The maximum absolute atomic E-state index is 12.7. The molecule has 0 radical (unpaired) electrons. The number of methoxy groups -OCH3 is 1. The fourth-order valence-electron chi connectivity index (χ4n) is 1.66. The number of nitrogens with two attached hydrogens (primary N) is 1. The summed E-state index contributed by atoms with van der Waals surface area (Å²) in [6.07, 6.45) is -3.90. The van der Waals surface area contributed by atoms with E-state index >= 15 is 0 Å². The van der Waals surface area contributed by atoms with Gasteiger partial charge in [-0.3, -0.25) is 5.41 Å². The van der Waals surface area contributed by atoms with E-state index in [2.05, 4.69) is 4.98 Å². The van der Waals surface area contributed by atoms with Crippen molar-refractivity contribution >= 4 is 11.7 Å². The topological polar surface area (TPSA) is 75.2 Å². The minimum Gasteiger partial charge on any atom is -0.385 e. The summed E-state index contributed by atoms with van der Waals surface area (Å²) in [6, 6.07) is 1.99. The smallest absolute Gasteiger partial charge is 0.385 e. The molecule has 0 aromatic carbocycles. The molecule has 0 amide bonds. The largest absolute Gasteiger partial charge is 0.433 e. The number of nitrogens with zero attached hydrogens (tertiary/aromatic N) is 2. The van der Waals surface area contributed by atoms with Gasteiger partial charge in [0.1, 0.15) is 17.3 Å². The van der Waals surface area contributed by atoms with E-state index in [1.165, 1.54) is 11.0 Å². The molecule has 3 N–H and O–H groups in total. The molecule has 1 aromatic rings. The number of nitrogens with one attached hydrogen (secondary N) is 1. The van der Waals surface area contributed by atoms with Crippen molar-refractivity contribution in [1.82, 2.24) is 4.98 Å². The van der Waals surface area contributed by atoms with E-state index < -0.39 is 11.9 Å². The fourth-order valence-corrected chi connectivity index (χ4v) is 1.66. The molecule has 0 saturated heterocycles. The predicted molar refractivity (Wildman–Crippen MR) is 70.0 cm³/mol. The number of halogens is 3. The van der Waals surface area contributed by atoms with Gasteiger partial charge in [-0.25, -0.2) is 4.98 Å². The molecule has 112 valence electrons. The molecule has 0 spiro atoms. The maximum Gasteiger partial charge on any atom is 0.433 e. The number of hydrogen-bond donors (Lipinski definition) is 2. The van der Waals surface area contributed by atoms with Crippen molar-refractivity contribution < 1.29 is 17.9 Å². The number of pyridine rings is 1. The number of rotatable bonds is 6. The maximum atomic E-state index is 12.7. The first kappa shape index (κ1) is 16.2. The van der Waals surface area contributed by atoms with Gasteiger partial charge < -0.3 is 15.4 Å². The Morgan fingerprint density at radius 2 is 2.10 bits per heavy atom. The van der Waals surface area contributed by atoms with Crippen LogP contribution >= 0.6 is 0 Å². The zero-order valence-electron chi connectivity index (χ0n) is 11.3. The quantitative estimate of drug-likeness (QED) is 0.476. The lowest BCUT2D eigenvalue weighted by atomic mass is 10.2. The minimum absolute atomic E-state index is 0.0448. The van der Waals surface area contributed by atoms with Crippen LogP contribution < -0.4 is 10.6 Å². The van der Waals surface area contributed by atoms with Crippen LogP contribution in [0.5, 0.6) is 0 Å². The molecule has 0 aliphatic rings. The third kappa shape index (κ3) is 4.09. The Bertz CT molecular complexity index is 476. The normalized spacial score (nSPS) is 11.4. The van der Waals surface area contributed by atoms with Crippen LogP contribution in [0.25, 0.3) is 0 Å². The van der Waals surface area contributed by atoms with E-state index in [0.29, 0.717) is 19.6 Å². The van der Waals surface area contributed by atoms with Crippen LogP contribution in [-0.2, 0) is 10.9 Å². The Morgan fingerprint density at radius 1 is 1.45 bits per heavy atom. The number of anilines is 1. The highest BCUT2D eigenvalue weighted by molar-refractivity contribution is 5.99. The third-order valence-electron chi connectivity index (χ3n) is 2.66. The van der Waals surface area contributed by atoms with Gasteiger partial charge in [-0.2, -0.15) is 13.2 Å². The van der Waals surface area contributed by atoms with Crippen molar-refractivity contribution in [3.63, 3.8) is 0 Å². The lowest BCUT2D eigenvalue weighted by molar-refractivity contribution is -0.141. The third-order valence-corrected chi connectivity index (χ3v) is 2.66. The molecule has 1 heterocycles. The van der Waals surface area contributed by atoms with E-state index in [-0.39, 0.29) is 17.2 Å². The van der Waals surface area contributed by atoms with Crippen molar-refractivity contribution in [3.05, 3.63) is 23.4 Å². The highest BCUT2D eigenvalue weighted by Gasteiger charge is 2.33. The van der Waals surface area contributed by atoms with Crippen molar-refractivity contribution in [2.24, 2.45) is 5.73 Å². The molecule has 5 nitrogen and oxygen atoms in total. The summed E-state index contributed by atoms with van der Waals surface area (Å²) < 4.78 is 42.9. The van der Waals surface area contributed by atoms with Crippen molar-refractivity contribution in [3.8, 4) is 0 Å². The molecule has 1 aromatic heterocycles. The summed E-state index contributed by atoms with van der Waals surface area (Å²) in [5, 5.41) is 7.41. The van der Waals surface area contributed by atoms with Crippen LogP contribution in [0.4, 0.5) is 19.0 Å². The minimum atomic E-state index is -4.53. The lowest BCUT2D eigenvalue weighted by Crippen LogP contribution is -2.26. The van der Waals surface area contributed by atoms with Gasteiger partial charge >= 0.3 is 6.18 Å². The van der Waals surface area contributed by atoms with Gasteiger partial charge in [0.25, 0.3) is 0 Å². The van der Waals surface area contributed by atoms with Gasteiger partial charge in [-0.15, -0.1) is 0 Å². The van der Waals surface area contributed by atoms with Gasteiger partial charge in [0.05, 0.1) is 5.56 Å². The van der Waals surface area contributed by atoms with Crippen LogP contribution in [0.15, 0.2) is 12.1 Å². The zero-order valence-corrected chi connectivity index (χ0v) is 11.3. The van der Waals surface area contributed by atoms with Gasteiger partial charge in [-0.1, -0.05) is 0 Å². The molecule has 0 unspecified atom stereocenters. The standard InChI is InChI=1S/C12H17F3N4O/c1-19(6-3-7-20-2)11-8(10(16)17)4-5-9(18-11)12(13,14)15/h4-5H,3,6-7H2,1-2H3,(H3,16,17). The Kier molecular flexibility index (Phi) is 5.32. The Hall–Kier alpha value is -1.83. The number of aromatic nitrogens is 1. The first-order valence-electron chi connectivity index (χ1n) is 5.90. The number of nitrogen functional groups attached to an aromatic ring is 1. The van der Waals surface area contributed by atoms with Crippen molar-refractivity contribution in [2.75, 3.05) is 32.2 Å². The average Bonchev–Trinajstić information content (AvgIpc) is 2.37. The molecular weight excluding hydrogens is 273 g/mol. The highest BCUT2D eigenvalue weighted by Crippen LogP contribution is 2.30.